The third kappa shape index (κ3) is 7.78. The Labute approximate surface area is 201 Å². The summed E-state index contributed by atoms with van der Waals surface area (Å²) in [6, 6.07) is 23.0. The van der Waals surface area contributed by atoms with Crippen LogP contribution in [0.15, 0.2) is 79.0 Å². The van der Waals surface area contributed by atoms with Crippen LogP contribution in [0.5, 0.6) is 5.75 Å². The molecule has 0 aliphatic rings. The first kappa shape index (κ1) is 25.1. The summed E-state index contributed by atoms with van der Waals surface area (Å²) in [6.45, 7) is 1.70. The quantitative estimate of drug-likeness (QED) is 0.364. The van der Waals surface area contributed by atoms with E-state index in [1.165, 1.54) is 0 Å². The molecule has 0 unspecified atom stereocenters. The van der Waals surface area contributed by atoms with Crippen molar-refractivity contribution in [2.45, 2.75) is 19.5 Å². The first-order valence-corrected chi connectivity index (χ1v) is 11.4. The maximum absolute atomic E-state index is 13.5. The maximum Gasteiger partial charge on any atom is 0.260 e. The summed E-state index contributed by atoms with van der Waals surface area (Å²) in [5, 5.41) is 0. The molecular formula is C27H33N3O4. The number of rotatable bonds is 13. The molecule has 7 nitrogen and oxygen atoms in total. The Hall–Kier alpha value is -3.58. The third-order valence-electron chi connectivity index (χ3n) is 5.53. The molecule has 0 atom stereocenters. The number of para-hydroxylation sites is 1. The van der Waals surface area contributed by atoms with E-state index in [-0.39, 0.29) is 25.0 Å². The molecular weight excluding hydrogens is 430 g/mol. The standard InChI is InChI=1S/C27H33N3O4/c1-28-16-9-13-24(28)20-30(19-23-11-5-3-6-12-23)26(31)21-29(17-10-18-33-2)27(32)22-34-25-14-7-4-8-15-25/h3-9,11-16H,10,17-22H2,1-2H3. The summed E-state index contributed by atoms with van der Waals surface area (Å²) in [5.41, 5.74) is 2.06. The summed E-state index contributed by atoms with van der Waals surface area (Å²) in [4.78, 5) is 29.8. The van der Waals surface area contributed by atoms with Crippen LogP contribution in [0, 0.1) is 0 Å². The zero-order valence-corrected chi connectivity index (χ0v) is 19.9. The first-order valence-electron chi connectivity index (χ1n) is 11.4. The normalized spacial score (nSPS) is 10.6. The van der Waals surface area contributed by atoms with Gasteiger partial charge in [0.2, 0.25) is 5.91 Å². The van der Waals surface area contributed by atoms with Gasteiger partial charge in [0.1, 0.15) is 5.75 Å². The number of aryl methyl sites for hydroxylation is 1. The minimum Gasteiger partial charge on any atom is -0.484 e. The number of ether oxygens (including phenoxy) is 2. The Bertz CT molecular complexity index is 1020. The lowest BCUT2D eigenvalue weighted by Crippen LogP contribution is -2.44. The fourth-order valence-electron chi connectivity index (χ4n) is 3.60. The molecule has 2 amide bonds. The molecule has 0 saturated heterocycles. The molecule has 3 rings (SSSR count). The minimum absolute atomic E-state index is 0.0159. The van der Waals surface area contributed by atoms with Crippen LogP contribution < -0.4 is 4.74 Å². The molecule has 0 bridgehead atoms. The summed E-state index contributed by atoms with van der Waals surface area (Å²) >= 11 is 0. The molecule has 34 heavy (non-hydrogen) atoms. The van der Waals surface area contributed by atoms with Crippen LogP contribution in [0.1, 0.15) is 17.7 Å². The molecule has 7 heteroatoms. The van der Waals surface area contributed by atoms with Crippen molar-refractivity contribution in [3.05, 3.63) is 90.3 Å². The van der Waals surface area contributed by atoms with E-state index >= 15 is 0 Å². The van der Waals surface area contributed by atoms with Crippen molar-refractivity contribution >= 4 is 11.8 Å². The van der Waals surface area contributed by atoms with Crippen molar-refractivity contribution < 1.29 is 19.1 Å². The van der Waals surface area contributed by atoms with Gasteiger partial charge in [-0.1, -0.05) is 48.5 Å². The van der Waals surface area contributed by atoms with E-state index in [9.17, 15) is 9.59 Å². The predicted molar refractivity (Wildman–Crippen MR) is 131 cm³/mol. The van der Waals surface area contributed by atoms with E-state index in [1.54, 1.807) is 29.0 Å². The highest BCUT2D eigenvalue weighted by Crippen LogP contribution is 2.13. The number of carbonyl (C=O) groups is 2. The second-order valence-corrected chi connectivity index (χ2v) is 8.11. The predicted octanol–water partition coefficient (Wildman–Crippen LogP) is 3.50. The van der Waals surface area contributed by atoms with Crippen molar-refractivity contribution in [2.75, 3.05) is 33.4 Å². The van der Waals surface area contributed by atoms with Gasteiger partial charge >= 0.3 is 0 Å². The first-order chi connectivity index (χ1) is 16.6. The molecule has 0 N–H and O–H groups in total. The van der Waals surface area contributed by atoms with Crippen molar-refractivity contribution in [2.24, 2.45) is 7.05 Å². The molecule has 0 aliphatic heterocycles. The van der Waals surface area contributed by atoms with Crippen molar-refractivity contribution in [3.8, 4) is 5.75 Å². The monoisotopic (exact) mass is 463 g/mol. The van der Waals surface area contributed by atoms with Gasteiger partial charge in [0, 0.05) is 45.7 Å². The fraction of sp³-hybridized carbons (Fsp3) is 0.333. The molecule has 1 heterocycles. The Kier molecular flexibility index (Phi) is 9.73. The van der Waals surface area contributed by atoms with Crippen molar-refractivity contribution in [1.29, 1.82) is 0 Å². The average Bonchev–Trinajstić information content (AvgIpc) is 3.27. The highest BCUT2D eigenvalue weighted by Gasteiger charge is 2.22. The molecule has 0 spiro atoms. The van der Waals surface area contributed by atoms with E-state index in [1.807, 2.05) is 78.5 Å². The van der Waals surface area contributed by atoms with E-state index in [2.05, 4.69) is 0 Å². The number of methoxy groups -OCH3 is 1. The van der Waals surface area contributed by atoms with Crippen LogP contribution in [0.2, 0.25) is 0 Å². The lowest BCUT2D eigenvalue weighted by molar-refractivity contribution is -0.142. The van der Waals surface area contributed by atoms with Gasteiger partial charge in [-0.05, 0) is 36.2 Å². The smallest absolute Gasteiger partial charge is 0.260 e. The largest absolute Gasteiger partial charge is 0.484 e. The Morgan fingerprint density at radius 3 is 2.21 bits per heavy atom. The summed E-state index contributed by atoms with van der Waals surface area (Å²) < 4.78 is 12.8. The lowest BCUT2D eigenvalue weighted by Gasteiger charge is -2.28. The Morgan fingerprint density at radius 1 is 0.853 bits per heavy atom. The summed E-state index contributed by atoms with van der Waals surface area (Å²) in [5.74, 6) is 0.274. The van der Waals surface area contributed by atoms with E-state index in [0.29, 0.717) is 38.4 Å². The number of aromatic nitrogens is 1. The van der Waals surface area contributed by atoms with E-state index in [0.717, 1.165) is 11.3 Å². The number of carbonyl (C=O) groups excluding carboxylic acids is 2. The Morgan fingerprint density at radius 2 is 1.56 bits per heavy atom. The zero-order valence-electron chi connectivity index (χ0n) is 19.9. The number of hydrogen-bond donors (Lipinski definition) is 0. The fourth-order valence-corrected chi connectivity index (χ4v) is 3.60. The minimum atomic E-state index is -0.230. The van der Waals surface area contributed by atoms with Gasteiger partial charge in [-0.15, -0.1) is 0 Å². The highest BCUT2D eigenvalue weighted by atomic mass is 16.5. The third-order valence-corrected chi connectivity index (χ3v) is 5.53. The van der Waals surface area contributed by atoms with Gasteiger partial charge < -0.3 is 23.8 Å². The van der Waals surface area contributed by atoms with Crippen LogP contribution in [-0.4, -0.2) is 59.6 Å². The molecule has 2 aromatic carbocycles. The van der Waals surface area contributed by atoms with Gasteiger partial charge in [-0.2, -0.15) is 0 Å². The maximum atomic E-state index is 13.5. The van der Waals surface area contributed by atoms with Gasteiger partial charge in [-0.25, -0.2) is 0 Å². The number of amides is 2. The summed E-state index contributed by atoms with van der Waals surface area (Å²) in [6.07, 6.45) is 2.60. The Balaban J connectivity index is 1.71. The summed E-state index contributed by atoms with van der Waals surface area (Å²) in [7, 11) is 3.58. The van der Waals surface area contributed by atoms with Crippen LogP contribution in [0.4, 0.5) is 0 Å². The van der Waals surface area contributed by atoms with E-state index < -0.39 is 0 Å². The van der Waals surface area contributed by atoms with Gasteiger partial charge in [-0.3, -0.25) is 9.59 Å². The van der Waals surface area contributed by atoms with Gasteiger partial charge in [0.25, 0.3) is 5.91 Å². The molecule has 0 radical (unpaired) electrons. The zero-order chi connectivity index (χ0) is 24.2. The van der Waals surface area contributed by atoms with E-state index in [4.69, 9.17) is 9.47 Å². The van der Waals surface area contributed by atoms with Crippen molar-refractivity contribution in [3.63, 3.8) is 0 Å². The molecule has 3 aromatic rings. The SMILES string of the molecule is COCCCN(CC(=O)N(Cc1ccccc1)Cc1cccn1C)C(=O)COc1ccccc1. The molecule has 0 fully saturated rings. The molecule has 1 aromatic heterocycles. The van der Waals surface area contributed by atoms with Crippen LogP contribution in [-0.2, 0) is 34.5 Å². The van der Waals surface area contributed by atoms with Crippen LogP contribution in [0.25, 0.3) is 0 Å². The van der Waals surface area contributed by atoms with Gasteiger partial charge in [0.15, 0.2) is 6.61 Å². The van der Waals surface area contributed by atoms with Crippen LogP contribution >= 0.6 is 0 Å². The second kappa shape index (κ2) is 13.2. The molecule has 0 aliphatic carbocycles. The molecule has 0 saturated carbocycles. The highest BCUT2D eigenvalue weighted by molar-refractivity contribution is 5.85. The number of hydrogen-bond acceptors (Lipinski definition) is 4. The van der Waals surface area contributed by atoms with Crippen LogP contribution in [0.3, 0.4) is 0 Å². The molecule has 180 valence electrons. The second-order valence-electron chi connectivity index (χ2n) is 8.11. The van der Waals surface area contributed by atoms with Gasteiger partial charge in [0.05, 0.1) is 13.1 Å². The number of benzene rings is 2. The van der Waals surface area contributed by atoms with Crippen molar-refractivity contribution in [1.82, 2.24) is 14.4 Å². The topological polar surface area (TPSA) is 64.0 Å². The lowest BCUT2D eigenvalue weighted by atomic mass is 10.2. The average molecular weight is 464 g/mol. The number of nitrogens with zero attached hydrogens (tertiary/aromatic N) is 3.